The lowest BCUT2D eigenvalue weighted by Crippen LogP contribution is -2.17. The number of hydrogen-bond acceptors (Lipinski definition) is 2. The summed E-state index contributed by atoms with van der Waals surface area (Å²) in [5.74, 6) is 0. The first-order valence-electron chi connectivity index (χ1n) is 5.67. The summed E-state index contributed by atoms with van der Waals surface area (Å²) in [4.78, 5) is 2.80. The summed E-state index contributed by atoms with van der Waals surface area (Å²) in [6, 6.07) is 13.6. The highest BCUT2D eigenvalue weighted by Crippen LogP contribution is 2.25. The van der Waals surface area contributed by atoms with E-state index in [0.29, 0.717) is 6.04 Å². The fourth-order valence-electron chi connectivity index (χ4n) is 1.84. The van der Waals surface area contributed by atoms with Crippen molar-refractivity contribution in [1.29, 1.82) is 0 Å². The molecule has 1 nitrogen and oxygen atoms in total. The van der Waals surface area contributed by atoms with Crippen LogP contribution in [0.15, 0.2) is 36.4 Å². The minimum atomic E-state index is 0.425. The molecule has 0 radical (unpaired) electrons. The highest BCUT2D eigenvalue weighted by molar-refractivity contribution is 14.1. The van der Waals surface area contributed by atoms with E-state index in [-0.39, 0.29) is 0 Å². The normalized spacial score (nSPS) is 12.6. The Labute approximate surface area is 120 Å². The van der Waals surface area contributed by atoms with Gasteiger partial charge in [-0.05, 0) is 72.8 Å². The quantitative estimate of drug-likeness (QED) is 0.810. The van der Waals surface area contributed by atoms with Gasteiger partial charge in [-0.2, -0.15) is 0 Å². The van der Waals surface area contributed by atoms with Gasteiger partial charge >= 0.3 is 0 Å². The molecule has 0 saturated heterocycles. The predicted octanol–water partition coefficient (Wildman–Crippen LogP) is 4.16. The molecule has 1 unspecified atom stereocenters. The number of likely N-dealkylation sites (N-methyl/N-ethyl adjacent to an activating group) is 1. The fourth-order valence-corrected chi connectivity index (χ4v) is 3.19. The van der Waals surface area contributed by atoms with Gasteiger partial charge < -0.3 is 5.32 Å². The first-order chi connectivity index (χ1) is 8.19. The van der Waals surface area contributed by atoms with Gasteiger partial charge in [0, 0.05) is 19.4 Å². The van der Waals surface area contributed by atoms with Crippen LogP contribution in [0.1, 0.15) is 21.4 Å². The Morgan fingerprint density at radius 2 is 1.88 bits per heavy atom. The average molecular weight is 357 g/mol. The minimum Gasteiger partial charge on any atom is -0.312 e. The standard InChI is InChI=1S/C14H16INS/c1-10-3-8-14(17-10)13(16-2)9-11-4-6-12(15)7-5-11/h3-8,13,16H,9H2,1-2H3. The first kappa shape index (κ1) is 13.1. The molecule has 3 heteroatoms. The van der Waals surface area contributed by atoms with Crippen LogP contribution in [0, 0.1) is 10.5 Å². The van der Waals surface area contributed by atoms with Gasteiger partial charge in [-0.25, -0.2) is 0 Å². The molecular weight excluding hydrogens is 341 g/mol. The van der Waals surface area contributed by atoms with Gasteiger partial charge in [-0.15, -0.1) is 11.3 Å². The summed E-state index contributed by atoms with van der Waals surface area (Å²) >= 11 is 4.22. The van der Waals surface area contributed by atoms with Crippen LogP contribution >= 0.6 is 33.9 Å². The SMILES string of the molecule is CNC(Cc1ccc(I)cc1)c1ccc(C)s1. The summed E-state index contributed by atoms with van der Waals surface area (Å²) in [5, 5.41) is 3.40. The molecule has 90 valence electrons. The van der Waals surface area contributed by atoms with Crippen molar-refractivity contribution in [2.45, 2.75) is 19.4 Å². The third kappa shape index (κ3) is 3.53. The van der Waals surface area contributed by atoms with Crippen molar-refractivity contribution in [2.24, 2.45) is 0 Å². The molecule has 0 aliphatic rings. The number of hydrogen-bond donors (Lipinski definition) is 1. The van der Waals surface area contributed by atoms with Crippen molar-refractivity contribution in [1.82, 2.24) is 5.32 Å². The van der Waals surface area contributed by atoms with Crippen LogP contribution in [-0.2, 0) is 6.42 Å². The van der Waals surface area contributed by atoms with E-state index in [1.165, 1.54) is 18.9 Å². The zero-order valence-corrected chi connectivity index (χ0v) is 13.0. The molecule has 1 N–H and O–H groups in total. The molecule has 1 aromatic heterocycles. The summed E-state index contributed by atoms with van der Waals surface area (Å²) < 4.78 is 1.29. The molecule has 0 bridgehead atoms. The zero-order valence-electron chi connectivity index (χ0n) is 10.0. The van der Waals surface area contributed by atoms with Crippen molar-refractivity contribution in [3.05, 3.63) is 55.3 Å². The van der Waals surface area contributed by atoms with Gasteiger partial charge in [0.25, 0.3) is 0 Å². The molecule has 0 saturated carbocycles. The van der Waals surface area contributed by atoms with Crippen molar-refractivity contribution >= 4 is 33.9 Å². The highest BCUT2D eigenvalue weighted by Gasteiger charge is 2.11. The van der Waals surface area contributed by atoms with E-state index in [0.717, 1.165) is 6.42 Å². The van der Waals surface area contributed by atoms with Gasteiger partial charge in [-0.1, -0.05) is 12.1 Å². The van der Waals surface area contributed by atoms with Crippen molar-refractivity contribution < 1.29 is 0 Å². The Hall–Kier alpha value is -0.390. The second-order valence-corrected chi connectivity index (χ2v) is 6.69. The Morgan fingerprint density at radius 1 is 1.18 bits per heavy atom. The molecule has 0 fully saturated rings. The predicted molar refractivity (Wildman–Crippen MR) is 83.7 cm³/mol. The number of halogens is 1. The number of nitrogens with one attached hydrogen (secondary N) is 1. The maximum Gasteiger partial charge on any atom is 0.0453 e. The van der Waals surface area contributed by atoms with E-state index >= 15 is 0 Å². The topological polar surface area (TPSA) is 12.0 Å². The van der Waals surface area contributed by atoms with Crippen molar-refractivity contribution in [3.63, 3.8) is 0 Å². The molecule has 17 heavy (non-hydrogen) atoms. The zero-order chi connectivity index (χ0) is 12.3. The van der Waals surface area contributed by atoms with Gasteiger partial charge in [0.15, 0.2) is 0 Å². The van der Waals surface area contributed by atoms with Crippen LogP contribution in [0.25, 0.3) is 0 Å². The number of benzene rings is 1. The number of rotatable bonds is 4. The number of aryl methyl sites for hydroxylation is 1. The molecule has 2 rings (SSSR count). The first-order valence-corrected chi connectivity index (χ1v) is 7.56. The van der Waals surface area contributed by atoms with E-state index < -0.39 is 0 Å². The van der Waals surface area contributed by atoms with Gasteiger partial charge in [0.1, 0.15) is 0 Å². The fraction of sp³-hybridized carbons (Fsp3) is 0.286. The summed E-state index contributed by atoms with van der Waals surface area (Å²) in [7, 11) is 2.03. The molecule has 0 amide bonds. The lowest BCUT2D eigenvalue weighted by molar-refractivity contribution is 0.602. The van der Waals surface area contributed by atoms with Crippen LogP contribution in [0.3, 0.4) is 0 Å². The maximum atomic E-state index is 3.40. The molecule has 1 aromatic carbocycles. The Kier molecular flexibility index (Phi) is 4.59. The Balaban J connectivity index is 2.12. The van der Waals surface area contributed by atoms with Crippen LogP contribution < -0.4 is 5.32 Å². The van der Waals surface area contributed by atoms with E-state index in [9.17, 15) is 0 Å². The second-order valence-electron chi connectivity index (χ2n) is 4.12. The van der Waals surface area contributed by atoms with E-state index in [1.807, 2.05) is 18.4 Å². The molecular formula is C14H16INS. The second kappa shape index (κ2) is 5.98. The van der Waals surface area contributed by atoms with Crippen LogP contribution in [0.5, 0.6) is 0 Å². The monoisotopic (exact) mass is 357 g/mol. The smallest absolute Gasteiger partial charge is 0.0453 e. The van der Waals surface area contributed by atoms with Crippen LogP contribution in [0.2, 0.25) is 0 Å². The minimum absolute atomic E-state index is 0.425. The number of thiophene rings is 1. The molecule has 0 aliphatic carbocycles. The maximum absolute atomic E-state index is 3.40. The van der Waals surface area contributed by atoms with Crippen LogP contribution in [-0.4, -0.2) is 7.05 Å². The Bertz CT molecular complexity index is 475. The van der Waals surface area contributed by atoms with Gasteiger partial charge in [0.05, 0.1) is 0 Å². The summed E-state index contributed by atoms with van der Waals surface area (Å²) in [5.41, 5.74) is 1.39. The van der Waals surface area contributed by atoms with Crippen LogP contribution in [0.4, 0.5) is 0 Å². The average Bonchev–Trinajstić information content (AvgIpc) is 2.75. The van der Waals surface area contributed by atoms with Gasteiger partial charge in [-0.3, -0.25) is 0 Å². The summed E-state index contributed by atoms with van der Waals surface area (Å²) in [6.07, 6.45) is 1.05. The molecule has 1 atom stereocenters. The highest BCUT2D eigenvalue weighted by atomic mass is 127. The van der Waals surface area contributed by atoms with Crippen molar-refractivity contribution in [3.8, 4) is 0 Å². The lowest BCUT2D eigenvalue weighted by atomic mass is 10.1. The largest absolute Gasteiger partial charge is 0.312 e. The summed E-state index contributed by atoms with van der Waals surface area (Å²) in [6.45, 7) is 2.16. The Morgan fingerprint density at radius 3 is 2.41 bits per heavy atom. The lowest BCUT2D eigenvalue weighted by Gasteiger charge is -2.14. The van der Waals surface area contributed by atoms with E-state index in [2.05, 4.69) is 71.2 Å². The van der Waals surface area contributed by atoms with Gasteiger partial charge in [0.2, 0.25) is 0 Å². The van der Waals surface area contributed by atoms with Crippen molar-refractivity contribution in [2.75, 3.05) is 7.05 Å². The third-order valence-electron chi connectivity index (χ3n) is 2.81. The molecule has 2 aromatic rings. The van der Waals surface area contributed by atoms with E-state index in [4.69, 9.17) is 0 Å². The molecule has 1 heterocycles. The van der Waals surface area contributed by atoms with E-state index in [1.54, 1.807) is 0 Å². The third-order valence-corrected chi connectivity index (χ3v) is 4.64. The molecule has 0 aliphatic heterocycles. The molecule has 0 spiro atoms.